The fraction of sp³-hybridized carbons (Fsp3) is 0.933. The standard InChI is InChI=1S/C15H25NO2/c1-14(2)10-6-7-15(14,3)12(9-10)18-13(17)11-5-4-8-16-11/h10-12,16H,4-9H2,1-3H3/t10?,11-,12?,15?/m1/s1. The Bertz CT molecular complexity index is 360. The number of nitrogens with one attached hydrogen (secondary N) is 1. The van der Waals surface area contributed by atoms with Crippen LogP contribution in [0.25, 0.3) is 0 Å². The fourth-order valence-corrected chi connectivity index (χ4v) is 4.42. The average Bonchev–Trinajstić information content (AvgIpc) is 2.95. The van der Waals surface area contributed by atoms with Crippen molar-refractivity contribution >= 4 is 5.97 Å². The Hall–Kier alpha value is -0.570. The zero-order valence-electron chi connectivity index (χ0n) is 11.8. The van der Waals surface area contributed by atoms with Crippen LogP contribution in [0.15, 0.2) is 0 Å². The van der Waals surface area contributed by atoms with Gasteiger partial charge in [0.25, 0.3) is 0 Å². The number of rotatable bonds is 2. The Morgan fingerprint density at radius 1 is 1.28 bits per heavy atom. The van der Waals surface area contributed by atoms with E-state index < -0.39 is 0 Å². The zero-order chi connectivity index (χ0) is 13.0. The zero-order valence-corrected chi connectivity index (χ0v) is 11.8. The van der Waals surface area contributed by atoms with Gasteiger partial charge in [0.1, 0.15) is 12.1 Å². The Labute approximate surface area is 110 Å². The molecule has 0 aromatic rings. The van der Waals surface area contributed by atoms with Gasteiger partial charge in [0, 0.05) is 5.41 Å². The summed E-state index contributed by atoms with van der Waals surface area (Å²) < 4.78 is 5.87. The molecule has 2 saturated carbocycles. The van der Waals surface area contributed by atoms with Crippen LogP contribution in [-0.4, -0.2) is 24.7 Å². The second-order valence-electron chi connectivity index (χ2n) is 7.18. The molecule has 1 aliphatic heterocycles. The van der Waals surface area contributed by atoms with Gasteiger partial charge in [0.2, 0.25) is 0 Å². The molecule has 0 radical (unpaired) electrons. The summed E-state index contributed by atoms with van der Waals surface area (Å²) in [4.78, 5) is 12.1. The van der Waals surface area contributed by atoms with Crippen LogP contribution in [0.5, 0.6) is 0 Å². The summed E-state index contributed by atoms with van der Waals surface area (Å²) in [7, 11) is 0. The van der Waals surface area contributed by atoms with E-state index in [0.717, 1.165) is 31.7 Å². The smallest absolute Gasteiger partial charge is 0.323 e. The van der Waals surface area contributed by atoms with Gasteiger partial charge in [-0.15, -0.1) is 0 Å². The van der Waals surface area contributed by atoms with Gasteiger partial charge in [0.15, 0.2) is 0 Å². The first kappa shape index (κ1) is 12.5. The van der Waals surface area contributed by atoms with Gasteiger partial charge in [-0.25, -0.2) is 0 Å². The lowest BCUT2D eigenvalue weighted by molar-refractivity contribution is -0.159. The van der Waals surface area contributed by atoms with Crippen LogP contribution in [0.3, 0.4) is 0 Å². The van der Waals surface area contributed by atoms with Gasteiger partial charge in [-0.05, 0) is 50.0 Å². The summed E-state index contributed by atoms with van der Waals surface area (Å²) >= 11 is 0. The number of carbonyl (C=O) groups excluding carboxylic acids is 1. The predicted molar refractivity (Wildman–Crippen MR) is 70.1 cm³/mol. The highest BCUT2D eigenvalue weighted by Gasteiger charge is 2.63. The Morgan fingerprint density at radius 2 is 2.06 bits per heavy atom. The molecule has 0 amide bonds. The highest BCUT2D eigenvalue weighted by atomic mass is 16.5. The van der Waals surface area contributed by atoms with Gasteiger partial charge in [-0.3, -0.25) is 4.79 Å². The summed E-state index contributed by atoms with van der Waals surface area (Å²) in [6, 6.07) is -0.0455. The molecule has 3 fully saturated rings. The van der Waals surface area contributed by atoms with Crippen LogP contribution in [0, 0.1) is 16.7 Å². The molecule has 0 aromatic heterocycles. The molecule has 1 saturated heterocycles. The molecular weight excluding hydrogens is 226 g/mol. The van der Waals surface area contributed by atoms with Crippen LogP contribution in [0.1, 0.15) is 52.9 Å². The molecule has 3 aliphatic rings. The molecule has 1 N–H and O–H groups in total. The minimum atomic E-state index is -0.0455. The first-order chi connectivity index (χ1) is 8.45. The third-order valence-corrected chi connectivity index (χ3v) is 6.32. The van der Waals surface area contributed by atoms with Crippen molar-refractivity contribution in [1.82, 2.24) is 5.32 Å². The molecule has 18 heavy (non-hydrogen) atoms. The van der Waals surface area contributed by atoms with Crippen molar-refractivity contribution in [1.29, 1.82) is 0 Å². The maximum Gasteiger partial charge on any atom is 0.323 e. The van der Waals surface area contributed by atoms with E-state index in [9.17, 15) is 4.79 Å². The van der Waals surface area contributed by atoms with Gasteiger partial charge in [0.05, 0.1) is 0 Å². The molecule has 0 spiro atoms. The third-order valence-electron chi connectivity index (χ3n) is 6.32. The van der Waals surface area contributed by atoms with Crippen molar-refractivity contribution in [2.45, 2.75) is 65.0 Å². The van der Waals surface area contributed by atoms with Crippen LogP contribution in [0.2, 0.25) is 0 Å². The van der Waals surface area contributed by atoms with E-state index in [4.69, 9.17) is 4.74 Å². The van der Waals surface area contributed by atoms with Gasteiger partial charge in [-0.1, -0.05) is 20.8 Å². The first-order valence-electron chi connectivity index (χ1n) is 7.39. The quantitative estimate of drug-likeness (QED) is 0.766. The largest absolute Gasteiger partial charge is 0.461 e. The molecule has 3 nitrogen and oxygen atoms in total. The van der Waals surface area contributed by atoms with Crippen molar-refractivity contribution in [3.63, 3.8) is 0 Å². The normalized spacial score (nSPS) is 45.4. The summed E-state index contributed by atoms with van der Waals surface area (Å²) in [5.41, 5.74) is 0.507. The maximum atomic E-state index is 12.1. The minimum absolute atomic E-state index is 0.0120. The number of carbonyl (C=O) groups is 1. The highest BCUT2D eigenvalue weighted by molar-refractivity contribution is 5.76. The second kappa shape index (κ2) is 3.96. The van der Waals surface area contributed by atoms with E-state index in [1.807, 2.05) is 0 Å². The maximum absolute atomic E-state index is 12.1. The second-order valence-corrected chi connectivity index (χ2v) is 7.18. The highest BCUT2D eigenvalue weighted by Crippen LogP contribution is 2.66. The van der Waals surface area contributed by atoms with E-state index in [-0.39, 0.29) is 23.5 Å². The van der Waals surface area contributed by atoms with Crippen LogP contribution < -0.4 is 5.32 Å². The van der Waals surface area contributed by atoms with Crippen molar-refractivity contribution in [3.05, 3.63) is 0 Å². The average molecular weight is 251 g/mol. The van der Waals surface area contributed by atoms with E-state index in [2.05, 4.69) is 26.1 Å². The Balaban J connectivity index is 1.70. The first-order valence-corrected chi connectivity index (χ1v) is 7.39. The molecule has 2 aliphatic carbocycles. The molecule has 102 valence electrons. The van der Waals surface area contributed by atoms with E-state index >= 15 is 0 Å². The molecule has 3 heteroatoms. The Morgan fingerprint density at radius 3 is 2.56 bits per heavy atom. The number of esters is 1. The lowest BCUT2D eigenvalue weighted by Crippen LogP contribution is -2.42. The third kappa shape index (κ3) is 1.56. The van der Waals surface area contributed by atoms with Crippen molar-refractivity contribution in [3.8, 4) is 0 Å². The Kier molecular flexibility index (Phi) is 2.74. The molecule has 2 bridgehead atoms. The monoisotopic (exact) mass is 251 g/mol. The van der Waals surface area contributed by atoms with E-state index in [0.29, 0.717) is 5.41 Å². The number of hydrogen-bond acceptors (Lipinski definition) is 3. The van der Waals surface area contributed by atoms with Gasteiger partial charge >= 0.3 is 5.97 Å². The van der Waals surface area contributed by atoms with Crippen LogP contribution in [0.4, 0.5) is 0 Å². The summed E-state index contributed by atoms with van der Waals surface area (Å²) in [6.07, 6.45) is 5.76. The molecule has 1 heterocycles. The summed E-state index contributed by atoms with van der Waals surface area (Å²) in [5, 5.41) is 3.23. The summed E-state index contributed by atoms with van der Waals surface area (Å²) in [5.74, 6) is 0.721. The summed E-state index contributed by atoms with van der Waals surface area (Å²) in [6.45, 7) is 7.98. The topological polar surface area (TPSA) is 38.3 Å². The fourth-order valence-electron chi connectivity index (χ4n) is 4.42. The molecule has 0 aromatic carbocycles. The molecule has 3 unspecified atom stereocenters. The van der Waals surface area contributed by atoms with Crippen molar-refractivity contribution in [2.24, 2.45) is 16.7 Å². The predicted octanol–water partition coefficient (Wildman–Crippen LogP) is 2.50. The molecule has 4 atom stereocenters. The number of fused-ring (bicyclic) bond motifs is 2. The van der Waals surface area contributed by atoms with E-state index in [1.165, 1.54) is 12.8 Å². The van der Waals surface area contributed by atoms with Crippen molar-refractivity contribution < 1.29 is 9.53 Å². The van der Waals surface area contributed by atoms with Crippen LogP contribution >= 0.6 is 0 Å². The molecular formula is C15H25NO2. The molecule has 3 rings (SSSR count). The van der Waals surface area contributed by atoms with E-state index in [1.54, 1.807) is 0 Å². The number of hydrogen-bond donors (Lipinski definition) is 1. The lowest BCUT2D eigenvalue weighted by atomic mass is 9.70. The van der Waals surface area contributed by atoms with Crippen LogP contribution in [-0.2, 0) is 9.53 Å². The number of ether oxygens (including phenoxy) is 1. The van der Waals surface area contributed by atoms with Gasteiger partial charge in [-0.2, -0.15) is 0 Å². The minimum Gasteiger partial charge on any atom is -0.461 e. The lowest BCUT2D eigenvalue weighted by Gasteiger charge is -2.38. The van der Waals surface area contributed by atoms with Crippen molar-refractivity contribution in [2.75, 3.05) is 6.54 Å². The van der Waals surface area contributed by atoms with Gasteiger partial charge < -0.3 is 10.1 Å². The SMILES string of the molecule is CC1(C)C2CCC1(C)C(OC(=O)[C@H]1CCCN1)C2.